The van der Waals surface area contributed by atoms with Gasteiger partial charge in [0.1, 0.15) is 11.8 Å². The van der Waals surface area contributed by atoms with Crippen LogP contribution in [0.5, 0.6) is 0 Å². The predicted molar refractivity (Wildman–Crippen MR) is 96.0 cm³/mol. The van der Waals surface area contributed by atoms with Crippen LogP contribution in [0.2, 0.25) is 0 Å². The second-order valence-corrected chi connectivity index (χ2v) is 8.11. The van der Waals surface area contributed by atoms with Gasteiger partial charge in [-0.25, -0.2) is 14.6 Å². The molecule has 2 aliphatic rings. The van der Waals surface area contributed by atoms with E-state index in [0.717, 1.165) is 42.2 Å². The molecule has 0 radical (unpaired) electrons. The third kappa shape index (κ3) is 2.38. The number of aromatic amines is 1. The molecular weight excluding hydrogens is 328 g/mol. The molecule has 0 spiro atoms. The molecular formula is C19H22N6O. The Bertz CT molecular complexity index is 952. The summed E-state index contributed by atoms with van der Waals surface area (Å²) in [6, 6.07) is 0. The first-order valence-electron chi connectivity index (χ1n) is 9.10. The number of hydrogen-bond donors (Lipinski definition) is 1. The van der Waals surface area contributed by atoms with Crippen LogP contribution in [0.4, 0.5) is 0 Å². The van der Waals surface area contributed by atoms with Crippen LogP contribution in [0.25, 0.3) is 17.3 Å². The predicted octanol–water partition coefficient (Wildman–Crippen LogP) is 3.13. The molecule has 5 heterocycles. The average molecular weight is 350 g/mol. The molecule has 2 atom stereocenters. The molecule has 1 saturated heterocycles. The lowest BCUT2D eigenvalue weighted by molar-refractivity contribution is 0.0287. The van der Waals surface area contributed by atoms with Gasteiger partial charge in [-0.3, -0.25) is 4.98 Å². The smallest absolute Gasteiger partial charge is 0.172 e. The minimum absolute atomic E-state index is 0.0148. The molecule has 2 aliphatic heterocycles. The lowest BCUT2D eigenvalue weighted by atomic mass is 9.93. The van der Waals surface area contributed by atoms with Crippen molar-refractivity contribution >= 4 is 0 Å². The van der Waals surface area contributed by atoms with Crippen molar-refractivity contribution in [3.8, 4) is 17.3 Å². The average Bonchev–Trinajstić information content (AvgIpc) is 3.33. The number of nitrogens with zero attached hydrogens (tertiary/aromatic N) is 5. The van der Waals surface area contributed by atoms with E-state index in [4.69, 9.17) is 9.84 Å². The summed E-state index contributed by atoms with van der Waals surface area (Å²) in [5.74, 6) is 1.53. The second kappa shape index (κ2) is 5.48. The number of imidazole rings is 1. The molecule has 0 aliphatic carbocycles. The van der Waals surface area contributed by atoms with E-state index in [-0.39, 0.29) is 17.6 Å². The van der Waals surface area contributed by atoms with Gasteiger partial charge in [0, 0.05) is 41.7 Å². The Kier molecular flexibility index (Phi) is 3.31. The molecule has 26 heavy (non-hydrogen) atoms. The van der Waals surface area contributed by atoms with Crippen LogP contribution < -0.4 is 0 Å². The first-order chi connectivity index (χ1) is 12.5. The van der Waals surface area contributed by atoms with E-state index in [2.05, 4.69) is 40.7 Å². The highest BCUT2D eigenvalue weighted by Gasteiger charge is 2.40. The number of rotatable bonds is 2. The number of H-pyrrole nitrogens is 1. The molecule has 0 saturated carbocycles. The minimum Gasteiger partial charge on any atom is -0.368 e. The summed E-state index contributed by atoms with van der Waals surface area (Å²) < 4.78 is 8.05. The van der Waals surface area contributed by atoms with E-state index in [0.29, 0.717) is 5.82 Å². The van der Waals surface area contributed by atoms with Gasteiger partial charge in [-0.15, -0.1) is 0 Å². The maximum atomic E-state index is 6.15. The zero-order valence-corrected chi connectivity index (χ0v) is 15.2. The fourth-order valence-electron chi connectivity index (χ4n) is 3.87. The fraction of sp³-hybridized carbons (Fsp3) is 0.474. The first-order valence-corrected chi connectivity index (χ1v) is 9.10. The Morgan fingerprint density at radius 3 is 2.77 bits per heavy atom. The van der Waals surface area contributed by atoms with Crippen molar-refractivity contribution < 1.29 is 4.74 Å². The summed E-state index contributed by atoms with van der Waals surface area (Å²) in [6.45, 7) is 6.52. The van der Waals surface area contributed by atoms with Crippen LogP contribution >= 0.6 is 0 Å². The molecule has 7 heteroatoms. The first kappa shape index (κ1) is 15.7. The van der Waals surface area contributed by atoms with Crippen molar-refractivity contribution in [3.05, 3.63) is 41.7 Å². The Morgan fingerprint density at radius 2 is 2.04 bits per heavy atom. The third-order valence-corrected chi connectivity index (χ3v) is 5.24. The van der Waals surface area contributed by atoms with Crippen molar-refractivity contribution in [2.24, 2.45) is 0 Å². The van der Waals surface area contributed by atoms with Gasteiger partial charge in [0.25, 0.3) is 0 Å². The second-order valence-electron chi connectivity index (χ2n) is 8.11. The molecule has 2 bridgehead atoms. The highest BCUT2D eigenvalue weighted by molar-refractivity contribution is 5.59. The van der Waals surface area contributed by atoms with E-state index < -0.39 is 0 Å². The van der Waals surface area contributed by atoms with Crippen LogP contribution in [0.1, 0.15) is 56.7 Å². The summed E-state index contributed by atoms with van der Waals surface area (Å²) in [4.78, 5) is 16.7. The molecule has 3 aromatic heterocycles. The molecule has 5 rings (SSSR count). The maximum Gasteiger partial charge on any atom is 0.172 e. The Morgan fingerprint density at radius 1 is 1.15 bits per heavy atom. The fourth-order valence-corrected chi connectivity index (χ4v) is 3.87. The summed E-state index contributed by atoms with van der Waals surface area (Å²) in [7, 11) is 0. The van der Waals surface area contributed by atoms with Crippen LogP contribution in [-0.4, -0.2) is 35.8 Å². The van der Waals surface area contributed by atoms with Gasteiger partial charge in [-0.1, -0.05) is 20.8 Å². The van der Waals surface area contributed by atoms with Gasteiger partial charge in [0.15, 0.2) is 11.6 Å². The summed E-state index contributed by atoms with van der Waals surface area (Å²) in [6.07, 6.45) is 10.3. The van der Waals surface area contributed by atoms with Crippen LogP contribution in [-0.2, 0) is 16.6 Å². The van der Waals surface area contributed by atoms with Crippen molar-refractivity contribution in [3.63, 3.8) is 0 Å². The number of nitrogens with one attached hydrogen (secondary N) is 1. The highest BCUT2D eigenvalue weighted by atomic mass is 16.5. The standard InChI is InChI=1S/C19H22N6O/c1-19(2,3)14-9-22-18(23-14)16-12-8-11-4-5-13(26-11)17(12)25(24-16)15-10-20-6-7-21-15/h6-7,9-11,13H,4-5,8H2,1-3H3,(H,22,23). The SMILES string of the molecule is CC(C)(C)c1cnc(-c2nn(-c3cnccn3)c3c2CC2CCC3O2)[nH]1. The zero-order chi connectivity index (χ0) is 17.9. The number of hydrogen-bond acceptors (Lipinski definition) is 5. The van der Waals surface area contributed by atoms with E-state index in [9.17, 15) is 0 Å². The summed E-state index contributed by atoms with van der Waals surface area (Å²) in [5.41, 5.74) is 4.35. The molecule has 1 fully saturated rings. The topological polar surface area (TPSA) is 81.5 Å². The Hall–Kier alpha value is -2.54. The highest BCUT2D eigenvalue weighted by Crippen LogP contribution is 2.44. The van der Waals surface area contributed by atoms with Gasteiger partial charge in [-0.2, -0.15) is 5.10 Å². The molecule has 0 aromatic carbocycles. The van der Waals surface area contributed by atoms with Gasteiger partial charge < -0.3 is 9.72 Å². The van der Waals surface area contributed by atoms with Gasteiger partial charge >= 0.3 is 0 Å². The van der Waals surface area contributed by atoms with Crippen LogP contribution in [0.15, 0.2) is 24.8 Å². The third-order valence-electron chi connectivity index (χ3n) is 5.24. The monoisotopic (exact) mass is 350 g/mol. The molecule has 2 unspecified atom stereocenters. The van der Waals surface area contributed by atoms with E-state index in [1.165, 1.54) is 5.56 Å². The van der Waals surface area contributed by atoms with Crippen molar-refractivity contribution in [1.82, 2.24) is 29.7 Å². The molecule has 1 N–H and O–H groups in total. The lowest BCUT2D eigenvalue weighted by Gasteiger charge is -2.22. The number of fused-ring (bicyclic) bond motifs is 4. The van der Waals surface area contributed by atoms with E-state index in [1.54, 1.807) is 18.6 Å². The largest absolute Gasteiger partial charge is 0.368 e. The molecule has 7 nitrogen and oxygen atoms in total. The normalized spacial score (nSPS) is 21.8. The van der Waals surface area contributed by atoms with Crippen LogP contribution in [0, 0.1) is 0 Å². The van der Waals surface area contributed by atoms with Gasteiger partial charge in [-0.05, 0) is 12.8 Å². The van der Waals surface area contributed by atoms with Crippen molar-refractivity contribution in [1.29, 1.82) is 0 Å². The van der Waals surface area contributed by atoms with E-state index >= 15 is 0 Å². The van der Waals surface area contributed by atoms with Crippen molar-refractivity contribution in [2.75, 3.05) is 0 Å². The lowest BCUT2D eigenvalue weighted by Crippen LogP contribution is -2.19. The Balaban J connectivity index is 1.69. The summed E-state index contributed by atoms with van der Waals surface area (Å²) >= 11 is 0. The van der Waals surface area contributed by atoms with E-state index in [1.807, 2.05) is 10.9 Å². The Labute approximate surface area is 151 Å². The maximum absolute atomic E-state index is 6.15. The number of aromatic nitrogens is 6. The molecule has 3 aromatic rings. The molecule has 134 valence electrons. The number of ether oxygens (including phenoxy) is 1. The van der Waals surface area contributed by atoms with Crippen LogP contribution in [0.3, 0.4) is 0 Å². The van der Waals surface area contributed by atoms with Gasteiger partial charge in [0.2, 0.25) is 0 Å². The van der Waals surface area contributed by atoms with Gasteiger partial charge in [0.05, 0.1) is 18.0 Å². The van der Waals surface area contributed by atoms with Crippen molar-refractivity contribution in [2.45, 2.75) is 57.7 Å². The quantitative estimate of drug-likeness (QED) is 0.768. The summed E-state index contributed by atoms with van der Waals surface area (Å²) in [5, 5.41) is 4.89. The minimum atomic E-state index is 0.0148. The molecule has 0 amide bonds. The zero-order valence-electron chi connectivity index (χ0n) is 15.2.